The van der Waals surface area contributed by atoms with Gasteiger partial charge in [-0.2, -0.15) is 0 Å². The molecule has 3 rings (SSSR count). The molecule has 2 aromatic rings. The van der Waals surface area contributed by atoms with Gasteiger partial charge in [0.2, 0.25) is 5.91 Å². The van der Waals surface area contributed by atoms with Gasteiger partial charge >= 0.3 is 0 Å². The van der Waals surface area contributed by atoms with Gasteiger partial charge in [-0.25, -0.2) is 0 Å². The number of amides is 2. The number of carbonyl (C=O) groups excluding carboxylic acids is 2. The summed E-state index contributed by atoms with van der Waals surface area (Å²) in [6.45, 7) is 0.377. The van der Waals surface area contributed by atoms with E-state index in [2.05, 4.69) is 21.2 Å². The second kappa shape index (κ2) is 7.18. The molecule has 1 aromatic carbocycles. The average molecular weight is 409 g/mol. The van der Waals surface area contributed by atoms with Crippen LogP contribution in [0.25, 0.3) is 0 Å². The molecule has 1 atom stereocenters. The molecule has 1 unspecified atom stereocenters. The largest absolute Gasteiger partial charge is 0.493 e. The van der Waals surface area contributed by atoms with Crippen LogP contribution >= 0.6 is 15.9 Å². The van der Waals surface area contributed by atoms with Crippen molar-refractivity contribution in [3.05, 3.63) is 40.8 Å². The van der Waals surface area contributed by atoms with E-state index in [1.807, 2.05) is 0 Å². The normalized spacial score (nSPS) is 16.8. The van der Waals surface area contributed by atoms with Gasteiger partial charge in [-0.1, -0.05) is 0 Å². The first-order chi connectivity index (χ1) is 12.0. The topological polar surface area (TPSA) is 81.0 Å². The van der Waals surface area contributed by atoms with E-state index < -0.39 is 0 Å². The van der Waals surface area contributed by atoms with Crippen molar-refractivity contribution in [3.63, 3.8) is 0 Å². The molecule has 132 valence electrons. The molecule has 0 saturated carbocycles. The minimum absolute atomic E-state index is 0.0712. The van der Waals surface area contributed by atoms with E-state index in [1.54, 1.807) is 42.3 Å². The van der Waals surface area contributed by atoms with E-state index in [0.717, 1.165) is 0 Å². The number of carbonyl (C=O) groups is 2. The van der Waals surface area contributed by atoms with Gasteiger partial charge in [-0.05, 0) is 40.2 Å². The number of methoxy groups -OCH3 is 2. The summed E-state index contributed by atoms with van der Waals surface area (Å²) < 4.78 is 16.2. The third-order valence-electron chi connectivity index (χ3n) is 3.94. The quantitative estimate of drug-likeness (QED) is 0.821. The van der Waals surface area contributed by atoms with Gasteiger partial charge in [-0.3, -0.25) is 9.59 Å². The van der Waals surface area contributed by atoms with Crippen LogP contribution in [0.3, 0.4) is 0 Å². The van der Waals surface area contributed by atoms with Crippen LogP contribution in [0.5, 0.6) is 11.5 Å². The summed E-state index contributed by atoms with van der Waals surface area (Å²) in [5.74, 6) is 0.909. The lowest BCUT2D eigenvalue weighted by molar-refractivity contribution is -0.117. The highest BCUT2D eigenvalue weighted by Gasteiger charge is 2.32. The highest BCUT2D eigenvalue weighted by molar-refractivity contribution is 9.10. The lowest BCUT2D eigenvalue weighted by atomic mass is 10.2. The number of benzene rings is 1. The Morgan fingerprint density at radius 2 is 2.00 bits per heavy atom. The van der Waals surface area contributed by atoms with E-state index >= 15 is 0 Å². The van der Waals surface area contributed by atoms with Crippen molar-refractivity contribution in [1.82, 2.24) is 5.32 Å². The molecule has 1 fully saturated rings. The second-order valence-electron chi connectivity index (χ2n) is 5.52. The van der Waals surface area contributed by atoms with Crippen molar-refractivity contribution in [2.45, 2.75) is 12.5 Å². The first-order valence-corrected chi connectivity index (χ1v) is 8.39. The summed E-state index contributed by atoms with van der Waals surface area (Å²) in [7, 11) is 3.09. The second-order valence-corrected chi connectivity index (χ2v) is 6.30. The van der Waals surface area contributed by atoms with Crippen LogP contribution < -0.4 is 19.7 Å². The fraction of sp³-hybridized carbons (Fsp3) is 0.294. The zero-order valence-corrected chi connectivity index (χ0v) is 15.3. The number of furan rings is 1. The fourth-order valence-electron chi connectivity index (χ4n) is 2.74. The molecular weight excluding hydrogens is 392 g/mol. The first kappa shape index (κ1) is 17.3. The standard InChI is InChI=1S/C17H17BrN2O5/c1-23-12-4-3-11(8-14(12)24-2)20-9-10(7-16(20)21)19-17(22)13-5-6-15(18)25-13/h3-6,8,10H,7,9H2,1-2H3,(H,19,22). The maximum absolute atomic E-state index is 12.3. The Balaban J connectivity index is 1.71. The SMILES string of the molecule is COc1ccc(N2CC(NC(=O)c3ccc(Br)o3)CC2=O)cc1OC. The highest BCUT2D eigenvalue weighted by Crippen LogP contribution is 2.33. The molecule has 1 N–H and O–H groups in total. The summed E-state index contributed by atoms with van der Waals surface area (Å²) in [6.07, 6.45) is 0.224. The predicted molar refractivity (Wildman–Crippen MR) is 94.2 cm³/mol. The lowest BCUT2D eigenvalue weighted by Crippen LogP contribution is -2.37. The Morgan fingerprint density at radius 3 is 2.64 bits per heavy atom. The lowest BCUT2D eigenvalue weighted by Gasteiger charge is -2.18. The molecular formula is C17H17BrN2O5. The Hall–Kier alpha value is -2.48. The summed E-state index contributed by atoms with van der Waals surface area (Å²) in [4.78, 5) is 26.1. The summed E-state index contributed by atoms with van der Waals surface area (Å²) in [6, 6.07) is 8.19. The number of anilines is 1. The van der Waals surface area contributed by atoms with Crippen LogP contribution in [-0.2, 0) is 4.79 Å². The molecule has 0 aliphatic carbocycles. The van der Waals surface area contributed by atoms with Crippen molar-refractivity contribution in [2.24, 2.45) is 0 Å². The number of ether oxygens (including phenoxy) is 2. The molecule has 0 bridgehead atoms. The van der Waals surface area contributed by atoms with Crippen molar-refractivity contribution >= 4 is 33.4 Å². The van der Waals surface area contributed by atoms with Crippen LogP contribution in [0.2, 0.25) is 0 Å². The maximum atomic E-state index is 12.3. The van der Waals surface area contributed by atoms with Gasteiger partial charge in [0.05, 0.1) is 20.3 Å². The number of nitrogens with zero attached hydrogens (tertiary/aromatic N) is 1. The first-order valence-electron chi connectivity index (χ1n) is 7.60. The molecule has 7 nitrogen and oxygen atoms in total. The highest BCUT2D eigenvalue weighted by atomic mass is 79.9. The van der Waals surface area contributed by atoms with Gasteiger partial charge in [0.15, 0.2) is 21.9 Å². The van der Waals surface area contributed by atoms with E-state index in [9.17, 15) is 9.59 Å². The summed E-state index contributed by atoms with van der Waals surface area (Å²) >= 11 is 3.16. The van der Waals surface area contributed by atoms with E-state index in [0.29, 0.717) is 28.4 Å². The van der Waals surface area contributed by atoms with Crippen LogP contribution in [0, 0.1) is 0 Å². The Kier molecular flexibility index (Phi) is 4.98. The Bertz CT molecular complexity index is 804. The van der Waals surface area contributed by atoms with E-state index in [1.165, 1.54) is 7.11 Å². The molecule has 0 spiro atoms. The van der Waals surface area contributed by atoms with Crippen molar-refractivity contribution in [1.29, 1.82) is 0 Å². The number of hydrogen-bond donors (Lipinski definition) is 1. The van der Waals surface area contributed by atoms with Gasteiger partial charge in [0, 0.05) is 24.7 Å². The monoisotopic (exact) mass is 408 g/mol. The minimum Gasteiger partial charge on any atom is -0.493 e. The van der Waals surface area contributed by atoms with Gasteiger partial charge in [0.25, 0.3) is 5.91 Å². The van der Waals surface area contributed by atoms with Crippen molar-refractivity contribution < 1.29 is 23.5 Å². The van der Waals surface area contributed by atoms with Gasteiger partial charge in [-0.15, -0.1) is 0 Å². The predicted octanol–water partition coefficient (Wildman–Crippen LogP) is 2.59. The molecule has 1 saturated heterocycles. The maximum Gasteiger partial charge on any atom is 0.287 e. The van der Waals surface area contributed by atoms with Crippen LogP contribution in [-0.4, -0.2) is 38.6 Å². The molecule has 1 aromatic heterocycles. The molecule has 25 heavy (non-hydrogen) atoms. The van der Waals surface area contributed by atoms with Crippen LogP contribution in [0.15, 0.2) is 39.4 Å². The zero-order chi connectivity index (χ0) is 18.0. The third kappa shape index (κ3) is 3.63. The average Bonchev–Trinajstić information content (AvgIpc) is 3.20. The van der Waals surface area contributed by atoms with E-state index in [4.69, 9.17) is 13.9 Å². The van der Waals surface area contributed by atoms with Gasteiger partial charge in [0.1, 0.15) is 0 Å². The van der Waals surface area contributed by atoms with E-state index in [-0.39, 0.29) is 30.0 Å². The zero-order valence-electron chi connectivity index (χ0n) is 13.7. The van der Waals surface area contributed by atoms with Crippen molar-refractivity contribution in [2.75, 3.05) is 25.7 Å². The third-order valence-corrected chi connectivity index (χ3v) is 4.36. The Labute approximate surface area is 153 Å². The molecule has 8 heteroatoms. The molecule has 1 aliphatic heterocycles. The molecule has 1 aliphatic rings. The molecule has 2 heterocycles. The number of nitrogens with one attached hydrogen (secondary N) is 1. The van der Waals surface area contributed by atoms with Gasteiger partial charge < -0.3 is 24.1 Å². The summed E-state index contributed by atoms with van der Waals surface area (Å²) in [5, 5.41) is 2.82. The van der Waals surface area contributed by atoms with Crippen molar-refractivity contribution in [3.8, 4) is 11.5 Å². The number of rotatable bonds is 5. The smallest absolute Gasteiger partial charge is 0.287 e. The number of halogens is 1. The number of hydrogen-bond acceptors (Lipinski definition) is 5. The van der Waals surface area contributed by atoms with Crippen LogP contribution in [0.4, 0.5) is 5.69 Å². The Morgan fingerprint density at radius 1 is 1.24 bits per heavy atom. The fourth-order valence-corrected chi connectivity index (χ4v) is 3.05. The van der Waals surface area contributed by atoms with Crippen LogP contribution in [0.1, 0.15) is 17.0 Å². The summed E-state index contributed by atoms with van der Waals surface area (Å²) in [5.41, 5.74) is 0.695. The molecule has 0 radical (unpaired) electrons. The minimum atomic E-state index is -0.349. The molecule has 2 amide bonds.